The van der Waals surface area contributed by atoms with Crippen LogP contribution in [0.25, 0.3) is 108 Å². The Labute approximate surface area is 254 Å². The van der Waals surface area contributed by atoms with Gasteiger partial charge in [0.2, 0.25) is 0 Å². The van der Waals surface area contributed by atoms with E-state index in [0.717, 1.165) is 0 Å². The minimum atomic E-state index is 1.34. The quantitative estimate of drug-likeness (QED) is 0.129. The highest BCUT2D eigenvalue weighted by Gasteiger charge is 2.24. The van der Waals surface area contributed by atoms with Crippen molar-refractivity contribution in [2.45, 2.75) is 27.7 Å². The average molecular weight is 557 g/mol. The zero-order valence-corrected chi connectivity index (χ0v) is 25.2. The molecule has 0 aliphatic rings. The summed E-state index contributed by atoms with van der Waals surface area (Å²) in [6.45, 7) is 9.13. The third-order valence-electron chi connectivity index (χ3n) is 11.2. The number of hydrogen-bond donors (Lipinski definition) is 0. The molecule has 44 heavy (non-hydrogen) atoms. The molecule has 0 saturated heterocycles. The minimum Gasteiger partial charge on any atom is -0.0610 e. The van der Waals surface area contributed by atoms with E-state index in [1.54, 1.807) is 0 Å². The van der Waals surface area contributed by atoms with Gasteiger partial charge in [-0.15, -0.1) is 0 Å². The summed E-state index contributed by atoms with van der Waals surface area (Å²) in [7, 11) is 0. The van der Waals surface area contributed by atoms with Crippen LogP contribution in [-0.4, -0.2) is 0 Å². The van der Waals surface area contributed by atoms with Gasteiger partial charge in [-0.05, 0) is 158 Å². The molecule has 0 fully saturated rings. The van der Waals surface area contributed by atoms with Gasteiger partial charge in [-0.2, -0.15) is 0 Å². The fourth-order valence-electron chi connectivity index (χ4n) is 9.39. The van der Waals surface area contributed by atoms with Crippen LogP contribution < -0.4 is 0 Å². The van der Waals surface area contributed by atoms with Crippen LogP contribution in [0, 0.1) is 27.7 Å². The van der Waals surface area contributed by atoms with Crippen molar-refractivity contribution in [3.8, 4) is 0 Å². The van der Waals surface area contributed by atoms with Gasteiger partial charge in [0.15, 0.2) is 0 Å². The molecule has 11 aromatic carbocycles. The molecule has 0 amide bonds. The second-order valence-corrected chi connectivity index (χ2v) is 13.4. The van der Waals surface area contributed by atoms with Crippen molar-refractivity contribution >= 4 is 108 Å². The van der Waals surface area contributed by atoms with Crippen LogP contribution >= 0.6 is 0 Å². The number of benzene rings is 11. The van der Waals surface area contributed by atoms with Crippen LogP contribution in [0.5, 0.6) is 0 Å². The lowest BCUT2D eigenvalue weighted by atomic mass is 9.79. The summed E-state index contributed by atoms with van der Waals surface area (Å²) in [6, 6.07) is 37.7. The van der Waals surface area contributed by atoms with E-state index in [1.165, 1.54) is 130 Å². The van der Waals surface area contributed by atoms with E-state index in [4.69, 9.17) is 0 Å². The van der Waals surface area contributed by atoms with E-state index >= 15 is 0 Å². The number of aryl methyl sites for hydroxylation is 4. The van der Waals surface area contributed by atoms with Crippen molar-refractivity contribution in [2.75, 3.05) is 0 Å². The fourth-order valence-corrected chi connectivity index (χ4v) is 9.39. The Morgan fingerprint density at radius 2 is 0.568 bits per heavy atom. The van der Waals surface area contributed by atoms with Gasteiger partial charge in [0.05, 0.1) is 0 Å². The lowest BCUT2D eigenvalue weighted by Crippen LogP contribution is -1.96. The molecule has 0 unspecified atom stereocenters. The monoisotopic (exact) mass is 556 g/mol. The summed E-state index contributed by atoms with van der Waals surface area (Å²) in [5.74, 6) is 0. The molecule has 0 aliphatic carbocycles. The zero-order chi connectivity index (χ0) is 29.2. The van der Waals surface area contributed by atoms with E-state index in [0.29, 0.717) is 0 Å². The smallest absolute Gasteiger partial charge is 0.00112 e. The van der Waals surface area contributed by atoms with Crippen molar-refractivity contribution in [3.05, 3.63) is 119 Å². The number of rotatable bonds is 0. The second-order valence-electron chi connectivity index (χ2n) is 13.4. The van der Waals surface area contributed by atoms with Gasteiger partial charge in [-0.25, -0.2) is 0 Å². The molecular formula is C44H28. The van der Waals surface area contributed by atoms with Gasteiger partial charge in [0.25, 0.3) is 0 Å². The topological polar surface area (TPSA) is 0 Å². The molecule has 11 rings (SSSR count). The first-order chi connectivity index (χ1) is 21.5. The number of fused-ring (bicyclic) bond motifs is 6. The molecule has 0 heteroatoms. The van der Waals surface area contributed by atoms with Crippen molar-refractivity contribution in [1.29, 1.82) is 0 Å². The van der Waals surface area contributed by atoms with Gasteiger partial charge in [-0.3, -0.25) is 0 Å². The molecule has 0 spiro atoms. The SMILES string of the molecule is Cc1ccc2c3ccc4c5cc(C)c6c7cccc8c(C)ccc(c9ccc(c%10cc(C)c(c%11cccc1c2%11)c3c4%10)c5c96)c87. The Bertz CT molecular complexity index is 2850. The molecule has 0 atom stereocenters. The zero-order valence-electron chi connectivity index (χ0n) is 25.2. The summed E-state index contributed by atoms with van der Waals surface area (Å²) in [6.07, 6.45) is 0. The first-order valence-electron chi connectivity index (χ1n) is 15.8. The third kappa shape index (κ3) is 2.45. The van der Waals surface area contributed by atoms with Crippen LogP contribution in [0.15, 0.2) is 97.1 Å². The van der Waals surface area contributed by atoms with Crippen LogP contribution in [0.2, 0.25) is 0 Å². The Morgan fingerprint density at radius 1 is 0.227 bits per heavy atom. The molecule has 0 nitrogen and oxygen atoms in total. The van der Waals surface area contributed by atoms with Gasteiger partial charge < -0.3 is 0 Å². The highest BCUT2D eigenvalue weighted by molar-refractivity contribution is 6.46. The van der Waals surface area contributed by atoms with Crippen LogP contribution in [0.4, 0.5) is 0 Å². The lowest BCUT2D eigenvalue weighted by molar-refractivity contribution is 1.54. The maximum absolute atomic E-state index is 2.49. The summed E-state index contributed by atoms with van der Waals surface area (Å²) in [5.41, 5.74) is 5.40. The molecule has 0 bridgehead atoms. The molecule has 0 aliphatic heterocycles. The summed E-state index contributed by atoms with van der Waals surface area (Å²) in [4.78, 5) is 0. The Kier molecular flexibility index (Phi) is 3.95. The van der Waals surface area contributed by atoms with E-state index in [2.05, 4.69) is 125 Å². The maximum Gasteiger partial charge on any atom is -0.00112 e. The fraction of sp³-hybridized carbons (Fsp3) is 0.0909. The predicted molar refractivity (Wildman–Crippen MR) is 194 cm³/mol. The highest BCUT2D eigenvalue weighted by atomic mass is 14.3. The largest absolute Gasteiger partial charge is 0.0610 e. The van der Waals surface area contributed by atoms with Crippen molar-refractivity contribution in [3.63, 3.8) is 0 Å². The van der Waals surface area contributed by atoms with E-state index in [9.17, 15) is 0 Å². The van der Waals surface area contributed by atoms with Crippen LogP contribution in [0.1, 0.15) is 22.3 Å². The Hall–Kier alpha value is -5.20. The third-order valence-corrected chi connectivity index (χ3v) is 11.2. The van der Waals surface area contributed by atoms with Gasteiger partial charge in [0, 0.05) is 0 Å². The predicted octanol–water partition coefficient (Wildman–Crippen LogP) is 12.8. The van der Waals surface area contributed by atoms with Gasteiger partial charge in [0.1, 0.15) is 0 Å². The van der Waals surface area contributed by atoms with Crippen molar-refractivity contribution in [1.82, 2.24) is 0 Å². The molecular weight excluding hydrogens is 528 g/mol. The molecule has 0 aromatic heterocycles. The molecule has 0 saturated carbocycles. The van der Waals surface area contributed by atoms with E-state index in [-0.39, 0.29) is 0 Å². The first-order valence-corrected chi connectivity index (χ1v) is 15.8. The van der Waals surface area contributed by atoms with Crippen LogP contribution in [-0.2, 0) is 0 Å². The standard InChI is InChI=1S/C44H28/c1-21-11-13-27-29-15-17-31-36-20-24(4)38-34-10-6-8-26-22(2)12-14-28(40(26)34)30-16-18-32(42(36)44(30)38)35-19-23(3)37(43(29)41(31)35)33-9-5-7-25(21)39(27)33/h5-20H,1-4H3. The Balaban J connectivity index is 1.46. The van der Waals surface area contributed by atoms with Crippen molar-refractivity contribution in [2.24, 2.45) is 0 Å². The average Bonchev–Trinajstić information content (AvgIpc) is 3.04. The minimum absolute atomic E-state index is 1.34. The number of hydrogen-bond acceptors (Lipinski definition) is 0. The molecule has 0 heterocycles. The van der Waals surface area contributed by atoms with E-state index < -0.39 is 0 Å². The van der Waals surface area contributed by atoms with Gasteiger partial charge in [-0.1, -0.05) is 97.1 Å². The summed E-state index contributed by atoms with van der Waals surface area (Å²) >= 11 is 0. The van der Waals surface area contributed by atoms with Crippen molar-refractivity contribution < 1.29 is 0 Å². The first kappa shape index (κ1) is 23.3. The summed E-state index contributed by atoms with van der Waals surface area (Å²) < 4.78 is 0. The van der Waals surface area contributed by atoms with Gasteiger partial charge >= 0.3 is 0 Å². The lowest BCUT2D eigenvalue weighted by Gasteiger charge is -2.23. The second kappa shape index (κ2) is 7.47. The highest BCUT2D eigenvalue weighted by Crippen LogP contribution is 2.52. The maximum atomic E-state index is 2.49. The van der Waals surface area contributed by atoms with E-state index in [1.807, 2.05) is 0 Å². The normalized spacial score (nSPS) is 13.0. The van der Waals surface area contributed by atoms with Crippen LogP contribution in [0.3, 0.4) is 0 Å². The molecule has 0 N–H and O–H groups in total. The Morgan fingerprint density at radius 3 is 1.00 bits per heavy atom. The molecule has 11 aromatic rings. The summed E-state index contributed by atoms with van der Waals surface area (Å²) in [5, 5.41) is 27.7. The molecule has 0 radical (unpaired) electrons. The molecule has 204 valence electrons.